The fourth-order valence-corrected chi connectivity index (χ4v) is 3.18. The van der Waals surface area contributed by atoms with Crippen LogP contribution in [0.5, 0.6) is 0 Å². The zero-order valence-electron chi connectivity index (χ0n) is 12.7. The number of rotatable bonds is 4. The highest BCUT2D eigenvalue weighted by Gasteiger charge is 2.41. The van der Waals surface area contributed by atoms with Gasteiger partial charge in [-0.1, -0.05) is 36.8 Å². The molecule has 0 aromatic heterocycles. The zero-order valence-corrected chi connectivity index (χ0v) is 12.7. The van der Waals surface area contributed by atoms with Crippen molar-refractivity contribution >= 4 is 5.97 Å². The minimum absolute atomic E-state index is 0.566. The number of piperidine rings is 1. The summed E-state index contributed by atoms with van der Waals surface area (Å²) in [5.41, 5.74) is 1.48. The van der Waals surface area contributed by atoms with Crippen LogP contribution >= 0.6 is 0 Å². The average Bonchev–Trinajstić information content (AvgIpc) is 2.38. The standard InChI is InChI=1S/C17H25NO2/c1-13-6-4-8-15(10-13)11-17(3,16(19)20)18-9-5-7-14(2)12-18/h4,6,8,10,14H,5,7,9,11-12H2,1-3H3,(H,19,20). The van der Waals surface area contributed by atoms with Gasteiger partial charge in [-0.3, -0.25) is 9.69 Å². The van der Waals surface area contributed by atoms with Gasteiger partial charge in [0.2, 0.25) is 0 Å². The highest BCUT2D eigenvalue weighted by atomic mass is 16.4. The minimum Gasteiger partial charge on any atom is -0.480 e. The molecule has 1 heterocycles. The Morgan fingerprint density at radius 2 is 2.25 bits per heavy atom. The molecule has 1 aromatic carbocycles. The lowest BCUT2D eigenvalue weighted by Crippen LogP contribution is -2.57. The molecule has 0 spiro atoms. The van der Waals surface area contributed by atoms with Gasteiger partial charge >= 0.3 is 5.97 Å². The van der Waals surface area contributed by atoms with E-state index >= 15 is 0 Å². The molecule has 3 nitrogen and oxygen atoms in total. The third-order valence-corrected chi connectivity index (χ3v) is 4.45. The average molecular weight is 275 g/mol. The number of hydrogen-bond donors (Lipinski definition) is 1. The van der Waals surface area contributed by atoms with E-state index in [2.05, 4.69) is 17.9 Å². The first-order chi connectivity index (χ1) is 9.41. The number of benzene rings is 1. The third kappa shape index (κ3) is 3.21. The Morgan fingerprint density at radius 3 is 2.85 bits per heavy atom. The van der Waals surface area contributed by atoms with Crippen molar-refractivity contribution in [1.29, 1.82) is 0 Å². The molecule has 1 N–H and O–H groups in total. The molecule has 0 radical (unpaired) electrons. The molecule has 0 saturated carbocycles. The lowest BCUT2D eigenvalue weighted by molar-refractivity contribution is -0.151. The van der Waals surface area contributed by atoms with Crippen LogP contribution in [0.2, 0.25) is 0 Å². The molecular formula is C17H25NO2. The maximum Gasteiger partial charge on any atom is 0.324 e. The van der Waals surface area contributed by atoms with E-state index in [9.17, 15) is 9.90 Å². The second kappa shape index (κ2) is 5.96. The molecule has 0 bridgehead atoms. The summed E-state index contributed by atoms with van der Waals surface area (Å²) < 4.78 is 0. The summed E-state index contributed by atoms with van der Waals surface area (Å²) in [5, 5.41) is 9.76. The highest BCUT2D eigenvalue weighted by molar-refractivity contribution is 5.78. The van der Waals surface area contributed by atoms with Crippen molar-refractivity contribution in [3.8, 4) is 0 Å². The van der Waals surface area contributed by atoms with Gasteiger partial charge in [-0.05, 0) is 44.7 Å². The predicted octanol–water partition coefficient (Wildman–Crippen LogP) is 3.11. The number of nitrogens with zero attached hydrogens (tertiary/aromatic N) is 1. The summed E-state index contributed by atoms with van der Waals surface area (Å²) >= 11 is 0. The summed E-state index contributed by atoms with van der Waals surface area (Å²) in [6.45, 7) is 7.90. The van der Waals surface area contributed by atoms with Gasteiger partial charge in [0.15, 0.2) is 0 Å². The minimum atomic E-state index is -0.803. The summed E-state index contributed by atoms with van der Waals surface area (Å²) in [5.74, 6) is -0.131. The van der Waals surface area contributed by atoms with Crippen LogP contribution in [0.1, 0.15) is 37.8 Å². The topological polar surface area (TPSA) is 40.5 Å². The quantitative estimate of drug-likeness (QED) is 0.918. The second-order valence-electron chi connectivity index (χ2n) is 6.44. The molecule has 2 unspecified atom stereocenters. The summed E-state index contributed by atoms with van der Waals surface area (Å²) in [6, 6.07) is 8.17. The van der Waals surface area contributed by atoms with Crippen molar-refractivity contribution in [1.82, 2.24) is 4.90 Å². The molecule has 1 fully saturated rings. The number of carboxylic acid groups (broad SMARTS) is 1. The Kier molecular flexibility index (Phi) is 4.48. The molecule has 3 heteroatoms. The zero-order chi connectivity index (χ0) is 14.8. The largest absolute Gasteiger partial charge is 0.480 e. The molecule has 110 valence electrons. The van der Waals surface area contributed by atoms with Crippen LogP contribution < -0.4 is 0 Å². The van der Waals surface area contributed by atoms with E-state index in [0.717, 1.165) is 25.1 Å². The molecule has 0 aliphatic carbocycles. The second-order valence-corrected chi connectivity index (χ2v) is 6.44. The van der Waals surface area contributed by atoms with Gasteiger partial charge < -0.3 is 5.11 Å². The number of aliphatic carboxylic acids is 1. The normalized spacial score (nSPS) is 23.2. The number of likely N-dealkylation sites (tertiary alicyclic amines) is 1. The van der Waals surface area contributed by atoms with Gasteiger partial charge in [0, 0.05) is 13.0 Å². The van der Waals surface area contributed by atoms with Gasteiger partial charge in [0.25, 0.3) is 0 Å². The van der Waals surface area contributed by atoms with E-state index in [1.165, 1.54) is 12.0 Å². The summed E-state index contributed by atoms with van der Waals surface area (Å²) in [6.07, 6.45) is 2.87. The Hall–Kier alpha value is -1.35. The summed E-state index contributed by atoms with van der Waals surface area (Å²) in [7, 11) is 0. The van der Waals surface area contributed by atoms with Gasteiger partial charge in [0.1, 0.15) is 5.54 Å². The van der Waals surface area contributed by atoms with Gasteiger partial charge in [-0.2, -0.15) is 0 Å². The van der Waals surface area contributed by atoms with E-state index < -0.39 is 11.5 Å². The maximum atomic E-state index is 11.9. The van der Waals surface area contributed by atoms with Crippen LogP contribution in [0.25, 0.3) is 0 Å². The van der Waals surface area contributed by atoms with Crippen molar-refractivity contribution in [2.45, 2.75) is 45.6 Å². The van der Waals surface area contributed by atoms with Crippen molar-refractivity contribution in [2.75, 3.05) is 13.1 Å². The molecule has 1 saturated heterocycles. The smallest absolute Gasteiger partial charge is 0.324 e. The Morgan fingerprint density at radius 1 is 1.50 bits per heavy atom. The van der Waals surface area contributed by atoms with Crippen LogP contribution in [0.3, 0.4) is 0 Å². The Bertz CT molecular complexity index is 486. The van der Waals surface area contributed by atoms with Crippen molar-refractivity contribution in [3.05, 3.63) is 35.4 Å². The van der Waals surface area contributed by atoms with Crippen molar-refractivity contribution < 1.29 is 9.90 Å². The predicted molar refractivity (Wildman–Crippen MR) is 80.9 cm³/mol. The molecule has 20 heavy (non-hydrogen) atoms. The van der Waals surface area contributed by atoms with Crippen LogP contribution in [0.15, 0.2) is 24.3 Å². The first-order valence-corrected chi connectivity index (χ1v) is 7.46. The number of hydrogen-bond acceptors (Lipinski definition) is 2. The fraction of sp³-hybridized carbons (Fsp3) is 0.588. The fourth-order valence-electron chi connectivity index (χ4n) is 3.18. The highest BCUT2D eigenvalue weighted by Crippen LogP contribution is 2.27. The monoisotopic (exact) mass is 275 g/mol. The van der Waals surface area contributed by atoms with Gasteiger partial charge in [0.05, 0.1) is 0 Å². The SMILES string of the molecule is Cc1cccc(CC(C)(C(=O)O)N2CCCC(C)C2)c1. The number of carboxylic acids is 1. The van der Waals surface area contributed by atoms with Crippen LogP contribution in [-0.4, -0.2) is 34.6 Å². The number of carbonyl (C=O) groups is 1. The Labute approximate surface area is 121 Å². The molecule has 1 aromatic rings. The van der Waals surface area contributed by atoms with E-state index in [1.54, 1.807) is 0 Å². The lowest BCUT2D eigenvalue weighted by atomic mass is 9.87. The summed E-state index contributed by atoms with van der Waals surface area (Å²) in [4.78, 5) is 14.0. The van der Waals surface area contributed by atoms with Crippen LogP contribution in [0.4, 0.5) is 0 Å². The van der Waals surface area contributed by atoms with Gasteiger partial charge in [-0.25, -0.2) is 0 Å². The lowest BCUT2D eigenvalue weighted by Gasteiger charge is -2.42. The molecular weight excluding hydrogens is 250 g/mol. The van der Waals surface area contributed by atoms with Crippen molar-refractivity contribution in [2.24, 2.45) is 5.92 Å². The van der Waals surface area contributed by atoms with E-state index in [0.29, 0.717) is 12.3 Å². The van der Waals surface area contributed by atoms with E-state index in [4.69, 9.17) is 0 Å². The van der Waals surface area contributed by atoms with Crippen molar-refractivity contribution in [3.63, 3.8) is 0 Å². The first-order valence-electron chi connectivity index (χ1n) is 7.46. The third-order valence-electron chi connectivity index (χ3n) is 4.45. The van der Waals surface area contributed by atoms with Gasteiger partial charge in [-0.15, -0.1) is 0 Å². The maximum absolute atomic E-state index is 11.9. The molecule has 2 rings (SSSR count). The van der Waals surface area contributed by atoms with Crippen LogP contribution in [0, 0.1) is 12.8 Å². The first kappa shape index (κ1) is 15.0. The molecule has 2 atom stereocenters. The molecule has 1 aliphatic rings. The Balaban J connectivity index is 2.22. The van der Waals surface area contributed by atoms with E-state index in [1.807, 2.05) is 32.0 Å². The number of aryl methyl sites for hydroxylation is 1. The van der Waals surface area contributed by atoms with E-state index in [-0.39, 0.29) is 0 Å². The molecule has 1 aliphatic heterocycles. The molecule has 0 amide bonds. The van der Waals surface area contributed by atoms with Crippen LogP contribution in [-0.2, 0) is 11.2 Å².